The Morgan fingerprint density at radius 2 is 2.31 bits per heavy atom. The molecule has 0 atom stereocenters. The smallest absolute Gasteiger partial charge is 0.101 e. The number of nitrogens with zero attached hydrogens (tertiary/aromatic N) is 1. The summed E-state index contributed by atoms with van der Waals surface area (Å²) < 4.78 is 0. The summed E-state index contributed by atoms with van der Waals surface area (Å²) in [5, 5.41) is 9.85. The lowest BCUT2D eigenvalue weighted by Gasteiger charge is -1.97. The molecule has 0 aliphatic heterocycles. The summed E-state index contributed by atoms with van der Waals surface area (Å²) in [6.45, 7) is 2.11. The number of fused-ring (bicyclic) bond motifs is 1. The molecule has 2 rings (SSSR count). The summed E-state index contributed by atoms with van der Waals surface area (Å²) >= 11 is 0. The van der Waals surface area contributed by atoms with Gasteiger partial charge in [-0.2, -0.15) is 5.26 Å². The van der Waals surface area contributed by atoms with Crippen LogP contribution in [-0.4, -0.2) is 4.98 Å². The monoisotopic (exact) mass is 170 g/mol. The van der Waals surface area contributed by atoms with Gasteiger partial charge in [0, 0.05) is 17.1 Å². The standard InChI is InChI=1S/C11H10N2/c1-2-8-4-3-5-10-9(6-12)7-13-11(8)10/h3-5,7,13H,2H2,1H3. The van der Waals surface area contributed by atoms with Crippen LogP contribution < -0.4 is 0 Å². The van der Waals surface area contributed by atoms with Crippen molar-refractivity contribution in [2.45, 2.75) is 13.3 Å². The van der Waals surface area contributed by atoms with Crippen molar-refractivity contribution >= 4 is 10.9 Å². The molecule has 1 aromatic carbocycles. The summed E-state index contributed by atoms with van der Waals surface area (Å²) in [6, 6.07) is 8.22. The van der Waals surface area contributed by atoms with Crippen LogP contribution in [0.5, 0.6) is 0 Å². The number of nitriles is 1. The van der Waals surface area contributed by atoms with Crippen molar-refractivity contribution in [3.63, 3.8) is 0 Å². The molecule has 0 fully saturated rings. The molecular weight excluding hydrogens is 160 g/mol. The number of hydrogen-bond donors (Lipinski definition) is 1. The van der Waals surface area contributed by atoms with Crippen LogP contribution in [0.2, 0.25) is 0 Å². The van der Waals surface area contributed by atoms with Crippen molar-refractivity contribution in [3.8, 4) is 6.07 Å². The number of hydrogen-bond acceptors (Lipinski definition) is 1. The maximum atomic E-state index is 8.82. The van der Waals surface area contributed by atoms with Gasteiger partial charge in [0.25, 0.3) is 0 Å². The normalized spacial score (nSPS) is 10.2. The fourth-order valence-corrected chi connectivity index (χ4v) is 1.60. The quantitative estimate of drug-likeness (QED) is 0.702. The van der Waals surface area contributed by atoms with Gasteiger partial charge in [0.2, 0.25) is 0 Å². The Morgan fingerprint density at radius 3 is 3.00 bits per heavy atom. The fraction of sp³-hybridized carbons (Fsp3) is 0.182. The summed E-state index contributed by atoms with van der Waals surface area (Å²) in [5.41, 5.74) is 3.09. The minimum Gasteiger partial charge on any atom is -0.360 e. The van der Waals surface area contributed by atoms with Gasteiger partial charge < -0.3 is 4.98 Å². The third kappa shape index (κ3) is 1.09. The largest absolute Gasteiger partial charge is 0.360 e. The first-order chi connectivity index (χ1) is 6.36. The van der Waals surface area contributed by atoms with Crippen molar-refractivity contribution < 1.29 is 0 Å². The Morgan fingerprint density at radius 1 is 1.46 bits per heavy atom. The van der Waals surface area contributed by atoms with E-state index < -0.39 is 0 Å². The highest BCUT2D eigenvalue weighted by Gasteiger charge is 2.04. The molecule has 0 bridgehead atoms. The van der Waals surface area contributed by atoms with Gasteiger partial charge in [0.15, 0.2) is 0 Å². The van der Waals surface area contributed by atoms with Crippen molar-refractivity contribution in [3.05, 3.63) is 35.5 Å². The molecule has 2 nitrogen and oxygen atoms in total. The van der Waals surface area contributed by atoms with Crippen LogP contribution in [0.25, 0.3) is 10.9 Å². The van der Waals surface area contributed by atoms with Gasteiger partial charge in [-0.15, -0.1) is 0 Å². The van der Waals surface area contributed by atoms with Crippen LogP contribution in [-0.2, 0) is 6.42 Å². The third-order valence-electron chi connectivity index (χ3n) is 2.30. The van der Waals surface area contributed by atoms with Gasteiger partial charge in [-0.25, -0.2) is 0 Å². The fourth-order valence-electron chi connectivity index (χ4n) is 1.60. The number of benzene rings is 1. The Labute approximate surface area is 76.8 Å². The summed E-state index contributed by atoms with van der Waals surface area (Å²) in [5.74, 6) is 0. The first-order valence-corrected chi connectivity index (χ1v) is 4.36. The van der Waals surface area contributed by atoms with Crippen LogP contribution in [0.3, 0.4) is 0 Å². The Balaban J connectivity index is 2.81. The van der Waals surface area contributed by atoms with E-state index in [1.54, 1.807) is 6.20 Å². The summed E-state index contributed by atoms with van der Waals surface area (Å²) in [4.78, 5) is 3.14. The maximum Gasteiger partial charge on any atom is 0.101 e. The molecule has 13 heavy (non-hydrogen) atoms. The van der Waals surface area contributed by atoms with Gasteiger partial charge in [-0.1, -0.05) is 25.1 Å². The molecule has 2 heteroatoms. The van der Waals surface area contributed by atoms with E-state index in [4.69, 9.17) is 5.26 Å². The lowest BCUT2D eigenvalue weighted by Crippen LogP contribution is -1.81. The maximum absolute atomic E-state index is 8.82. The predicted molar refractivity (Wildman–Crippen MR) is 52.4 cm³/mol. The van der Waals surface area contributed by atoms with Crippen molar-refractivity contribution in [1.82, 2.24) is 4.98 Å². The zero-order valence-corrected chi connectivity index (χ0v) is 7.46. The van der Waals surface area contributed by atoms with Crippen LogP contribution >= 0.6 is 0 Å². The molecule has 1 heterocycles. The highest BCUT2D eigenvalue weighted by molar-refractivity contribution is 5.88. The first kappa shape index (κ1) is 7.88. The second kappa shape index (κ2) is 2.95. The lowest BCUT2D eigenvalue weighted by molar-refractivity contribution is 1.15. The van der Waals surface area contributed by atoms with Gasteiger partial charge in [0.05, 0.1) is 5.56 Å². The Kier molecular flexibility index (Phi) is 1.79. The average Bonchev–Trinajstić information content (AvgIpc) is 2.60. The second-order valence-electron chi connectivity index (χ2n) is 3.01. The van der Waals surface area contributed by atoms with Crippen LogP contribution in [0.4, 0.5) is 0 Å². The molecule has 0 unspecified atom stereocenters. The molecule has 0 radical (unpaired) electrons. The zero-order valence-electron chi connectivity index (χ0n) is 7.46. The number of aromatic amines is 1. The van der Waals surface area contributed by atoms with Gasteiger partial charge in [-0.05, 0) is 12.0 Å². The Hall–Kier alpha value is -1.75. The molecule has 2 aromatic rings. The van der Waals surface area contributed by atoms with Crippen LogP contribution in [0.15, 0.2) is 24.4 Å². The summed E-state index contributed by atoms with van der Waals surface area (Å²) in [7, 11) is 0. The van der Waals surface area contributed by atoms with E-state index in [0.717, 1.165) is 22.9 Å². The van der Waals surface area contributed by atoms with Crippen molar-refractivity contribution in [1.29, 1.82) is 5.26 Å². The number of rotatable bonds is 1. The highest BCUT2D eigenvalue weighted by atomic mass is 14.7. The molecule has 1 aromatic heterocycles. The third-order valence-corrected chi connectivity index (χ3v) is 2.30. The van der Waals surface area contributed by atoms with E-state index >= 15 is 0 Å². The molecule has 64 valence electrons. The number of aromatic nitrogens is 1. The topological polar surface area (TPSA) is 39.6 Å². The molecule has 0 amide bonds. The van der Waals surface area contributed by atoms with E-state index in [1.807, 2.05) is 12.1 Å². The van der Waals surface area contributed by atoms with Crippen LogP contribution in [0, 0.1) is 11.3 Å². The molecular formula is C11H10N2. The zero-order chi connectivity index (χ0) is 9.26. The number of para-hydroxylation sites is 1. The number of nitrogens with one attached hydrogen (secondary N) is 1. The highest BCUT2D eigenvalue weighted by Crippen LogP contribution is 2.21. The van der Waals surface area contributed by atoms with E-state index in [9.17, 15) is 0 Å². The SMILES string of the molecule is CCc1cccc2c(C#N)c[nH]c12. The van der Waals surface area contributed by atoms with E-state index in [0.29, 0.717) is 0 Å². The van der Waals surface area contributed by atoms with E-state index in [1.165, 1.54) is 5.56 Å². The van der Waals surface area contributed by atoms with Gasteiger partial charge >= 0.3 is 0 Å². The summed E-state index contributed by atoms with van der Waals surface area (Å²) in [6.07, 6.45) is 2.76. The second-order valence-corrected chi connectivity index (χ2v) is 3.01. The minimum atomic E-state index is 0.727. The molecule has 0 aliphatic carbocycles. The molecule has 1 N–H and O–H groups in total. The molecule has 0 spiro atoms. The average molecular weight is 170 g/mol. The first-order valence-electron chi connectivity index (χ1n) is 4.36. The minimum absolute atomic E-state index is 0.727. The molecule has 0 saturated heterocycles. The number of H-pyrrole nitrogens is 1. The molecule has 0 aliphatic rings. The van der Waals surface area contributed by atoms with Crippen molar-refractivity contribution in [2.75, 3.05) is 0 Å². The number of aryl methyl sites for hydroxylation is 1. The van der Waals surface area contributed by atoms with E-state index in [-0.39, 0.29) is 0 Å². The van der Waals surface area contributed by atoms with E-state index in [2.05, 4.69) is 24.0 Å². The van der Waals surface area contributed by atoms with Crippen LogP contribution in [0.1, 0.15) is 18.1 Å². The van der Waals surface area contributed by atoms with Gasteiger partial charge in [0.1, 0.15) is 6.07 Å². The lowest BCUT2D eigenvalue weighted by atomic mass is 10.1. The van der Waals surface area contributed by atoms with Gasteiger partial charge in [-0.3, -0.25) is 0 Å². The van der Waals surface area contributed by atoms with Crippen molar-refractivity contribution in [2.24, 2.45) is 0 Å². The Bertz CT molecular complexity index is 474. The molecule has 0 saturated carbocycles. The predicted octanol–water partition coefficient (Wildman–Crippen LogP) is 2.60.